The van der Waals surface area contributed by atoms with Crippen LogP contribution in [0.4, 0.5) is 8.78 Å². The van der Waals surface area contributed by atoms with Gasteiger partial charge in [-0.25, -0.2) is 8.78 Å². The van der Waals surface area contributed by atoms with E-state index in [1.807, 2.05) is 0 Å². The van der Waals surface area contributed by atoms with E-state index in [0.717, 1.165) is 0 Å². The van der Waals surface area contributed by atoms with Crippen LogP contribution in [0, 0.1) is 0 Å². The molecule has 0 fully saturated rings. The highest BCUT2D eigenvalue weighted by atomic mass is 19.3. The summed E-state index contributed by atoms with van der Waals surface area (Å²) in [5.41, 5.74) is 5.01. The molecule has 0 heterocycles. The van der Waals surface area contributed by atoms with E-state index in [0.29, 0.717) is 0 Å². The summed E-state index contributed by atoms with van der Waals surface area (Å²) >= 11 is 0. The number of carboxylic acids is 1. The van der Waals surface area contributed by atoms with E-state index in [1.165, 1.54) is 0 Å². The van der Waals surface area contributed by atoms with Crippen LogP contribution >= 0.6 is 0 Å². The number of aliphatic hydroxyl groups is 1. The molecule has 0 aliphatic carbocycles. The number of carbonyl (C=O) groups is 1. The van der Waals surface area contributed by atoms with Gasteiger partial charge in [-0.2, -0.15) is 0 Å². The summed E-state index contributed by atoms with van der Waals surface area (Å²) in [5.74, 6) is -1.25. The summed E-state index contributed by atoms with van der Waals surface area (Å²) in [4.78, 5) is 10.1. The minimum Gasteiger partial charge on any atom is -0.480 e. The predicted molar refractivity (Wildman–Crippen MR) is 36.9 cm³/mol. The highest BCUT2D eigenvalue weighted by molar-refractivity contribution is 5.72. The number of carboxylic acid groups (broad SMARTS) is 1. The second kappa shape index (κ2) is 5.00. The third-order valence-electron chi connectivity index (χ3n) is 1.38. The molecule has 6 heteroatoms. The number of hydrogen-bond donors (Lipinski definition) is 3. The van der Waals surface area contributed by atoms with E-state index >= 15 is 0 Å². The minimum absolute atomic E-state index is 0.152. The van der Waals surface area contributed by atoms with Crippen LogP contribution in [-0.4, -0.2) is 34.8 Å². The maximum atomic E-state index is 11.6. The fourth-order valence-corrected chi connectivity index (χ4v) is 0.600. The van der Waals surface area contributed by atoms with Crippen molar-refractivity contribution in [3.05, 3.63) is 0 Å². The molecule has 0 radical (unpaired) electrons. The lowest BCUT2D eigenvalue weighted by molar-refractivity contribution is -0.138. The summed E-state index contributed by atoms with van der Waals surface area (Å²) in [6.45, 7) is 0. The molecule has 4 nitrogen and oxygen atoms in total. The highest BCUT2D eigenvalue weighted by Crippen LogP contribution is 2.08. The average Bonchev–Trinajstić information content (AvgIpc) is 1.98. The number of halogens is 2. The van der Waals surface area contributed by atoms with Crippen molar-refractivity contribution in [1.29, 1.82) is 0 Å². The minimum atomic E-state index is -2.84. The van der Waals surface area contributed by atoms with Crippen molar-refractivity contribution in [3.63, 3.8) is 0 Å². The van der Waals surface area contributed by atoms with Gasteiger partial charge in [0.25, 0.3) is 6.43 Å². The van der Waals surface area contributed by atoms with Crippen LogP contribution < -0.4 is 5.73 Å². The van der Waals surface area contributed by atoms with Crippen molar-refractivity contribution in [2.75, 3.05) is 0 Å². The molecular weight excluding hydrogens is 172 g/mol. The summed E-state index contributed by atoms with van der Waals surface area (Å²) in [6.07, 6.45) is -5.08. The van der Waals surface area contributed by atoms with Gasteiger partial charge in [-0.15, -0.1) is 0 Å². The van der Waals surface area contributed by atoms with Crippen LogP contribution in [0.3, 0.4) is 0 Å². The standard InChI is InChI=1S/C6H11F2NO3/c7-5(8)4(10)2-1-3(9)6(11)12/h3-5,10H,1-2,9H2,(H,11,12)/t3-,4+/m0/s1. The van der Waals surface area contributed by atoms with Gasteiger partial charge in [0, 0.05) is 0 Å². The van der Waals surface area contributed by atoms with Crippen molar-refractivity contribution in [3.8, 4) is 0 Å². The van der Waals surface area contributed by atoms with E-state index < -0.39 is 24.5 Å². The van der Waals surface area contributed by atoms with Crippen molar-refractivity contribution < 1.29 is 23.8 Å². The quantitative estimate of drug-likeness (QED) is 0.551. The Bertz CT molecular complexity index is 154. The molecule has 72 valence electrons. The molecule has 0 bridgehead atoms. The SMILES string of the molecule is N[C@@H](CC[C@@H](O)C(F)F)C(=O)O. The Morgan fingerprint density at radius 2 is 1.92 bits per heavy atom. The third-order valence-corrected chi connectivity index (χ3v) is 1.38. The Balaban J connectivity index is 3.61. The number of nitrogens with two attached hydrogens (primary N) is 1. The maximum absolute atomic E-state index is 11.6. The van der Waals surface area contributed by atoms with Crippen LogP contribution in [0.2, 0.25) is 0 Å². The summed E-state index contributed by atoms with van der Waals surface area (Å²) in [5, 5.41) is 16.8. The zero-order valence-electron chi connectivity index (χ0n) is 6.28. The van der Waals surface area contributed by atoms with Crippen LogP contribution in [-0.2, 0) is 4.79 Å². The molecule has 0 amide bonds. The summed E-state index contributed by atoms with van der Waals surface area (Å²) in [6, 6.07) is -1.18. The molecule has 4 N–H and O–H groups in total. The summed E-state index contributed by atoms with van der Waals surface area (Å²) in [7, 11) is 0. The number of aliphatic hydroxyl groups excluding tert-OH is 1. The number of rotatable bonds is 5. The number of aliphatic carboxylic acids is 1. The zero-order chi connectivity index (χ0) is 9.72. The Morgan fingerprint density at radius 1 is 1.42 bits per heavy atom. The van der Waals surface area contributed by atoms with Crippen LogP contribution in [0.15, 0.2) is 0 Å². The van der Waals surface area contributed by atoms with Gasteiger partial charge in [0.1, 0.15) is 12.1 Å². The smallest absolute Gasteiger partial charge is 0.320 e. The zero-order valence-corrected chi connectivity index (χ0v) is 6.28. The number of alkyl halides is 2. The second-order valence-electron chi connectivity index (χ2n) is 2.42. The van der Waals surface area contributed by atoms with Gasteiger partial charge in [-0.3, -0.25) is 4.79 Å². The van der Waals surface area contributed by atoms with Gasteiger partial charge < -0.3 is 15.9 Å². The predicted octanol–water partition coefficient (Wildman–Crippen LogP) is -0.195. The fourth-order valence-electron chi connectivity index (χ4n) is 0.600. The largest absolute Gasteiger partial charge is 0.480 e. The Morgan fingerprint density at radius 3 is 2.25 bits per heavy atom. The molecule has 0 aliphatic heterocycles. The van der Waals surface area contributed by atoms with Gasteiger partial charge in [-0.1, -0.05) is 0 Å². The Hall–Kier alpha value is -0.750. The third kappa shape index (κ3) is 4.20. The Kier molecular flexibility index (Phi) is 4.68. The summed E-state index contributed by atoms with van der Waals surface area (Å²) < 4.78 is 23.3. The Labute approximate surface area is 68.0 Å². The van der Waals surface area contributed by atoms with Gasteiger partial charge in [0.2, 0.25) is 0 Å². The number of hydrogen-bond acceptors (Lipinski definition) is 3. The molecule has 0 saturated heterocycles. The molecule has 2 atom stereocenters. The van der Waals surface area contributed by atoms with Crippen LogP contribution in [0.5, 0.6) is 0 Å². The maximum Gasteiger partial charge on any atom is 0.320 e. The molecule has 0 spiro atoms. The van der Waals surface area contributed by atoms with E-state index in [-0.39, 0.29) is 12.8 Å². The first-order chi connectivity index (χ1) is 5.45. The fraction of sp³-hybridized carbons (Fsp3) is 0.833. The van der Waals surface area contributed by atoms with Crippen molar-refractivity contribution in [2.45, 2.75) is 31.4 Å². The molecule has 0 saturated carbocycles. The lowest BCUT2D eigenvalue weighted by atomic mass is 10.1. The molecule has 12 heavy (non-hydrogen) atoms. The van der Waals surface area contributed by atoms with Gasteiger partial charge in [0.05, 0.1) is 0 Å². The van der Waals surface area contributed by atoms with E-state index in [9.17, 15) is 13.6 Å². The molecule has 0 rings (SSSR count). The first kappa shape index (κ1) is 11.2. The molecule has 0 aromatic carbocycles. The highest BCUT2D eigenvalue weighted by Gasteiger charge is 2.19. The topological polar surface area (TPSA) is 83.5 Å². The van der Waals surface area contributed by atoms with Crippen molar-refractivity contribution >= 4 is 5.97 Å². The lowest BCUT2D eigenvalue weighted by Gasteiger charge is -2.10. The molecule has 0 aromatic heterocycles. The molecule has 0 unspecified atom stereocenters. The van der Waals surface area contributed by atoms with Gasteiger partial charge in [-0.05, 0) is 12.8 Å². The van der Waals surface area contributed by atoms with E-state index in [2.05, 4.69) is 0 Å². The van der Waals surface area contributed by atoms with Gasteiger partial charge in [0.15, 0.2) is 0 Å². The molecule has 0 aliphatic rings. The van der Waals surface area contributed by atoms with Crippen molar-refractivity contribution in [2.24, 2.45) is 5.73 Å². The average molecular weight is 183 g/mol. The monoisotopic (exact) mass is 183 g/mol. The molecule has 0 aromatic rings. The van der Waals surface area contributed by atoms with Crippen molar-refractivity contribution in [1.82, 2.24) is 0 Å². The lowest BCUT2D eigenvalue weighted by Crippen LogP contribution is -2.32. The molecular formula is C6H11F2NO3. The normalized spacial score (nSPS) is 16.1. The van der Waals surface area contributed by atoms with E-state index in [4.69, 9.17) is 15.9 Å². The van der Waals surface area contributed by atoms with Crippen LogP contribution in [0.1, 0.15) is 12.8 Å². The van der Waals surface area contributed by atoms with E-state index in [1.54, 1.807) is 0 Å². The first-order valence-electron chi connectivity index (χ1n) is 3.39. The van der Waals surface area contributed by atoms with Gasteiger partial charge >= 0.3 is 5.97 Å². The second-order valence-corrected chi connectivity index (χ2v) is 2.42. The van der Waals surface area contributed by atoms with Crippen LogP contribution in [0.25, 0.3) is 0 Å². The first-order valence-corrected chi connectivity index (χ1v) is 3.39.